The number of Topliss-reactive ketones (excluding diaryl/α,β-unsaturated/α-hetero) is 1. The van der Waals surface area contributed by atoms with Crippen molar-refractivity contribution in [3.8, 4) is 0 Å². The van der Waals surface area contributed by atoms with Crippen LogP contribution in [-0.4, -0.2) is 16.8 Å². The van der Waals surface area contributed by atoms with Crippen molar-refractivity contribution < 1.29 is 19.1 Å². The number of hydrogen-bond acceptors (Lipinski definition) is 3. The molecule has 1 aliphatic heterocycles. The molecule has 33 heavy (non-hydrogen) atoms. The van der Waals surface area contributed by atoms with Gasteiger partial charge in [-0.05, 0) is 42.0 Å². The molecule has 1 fully saturated rings. The van der Waals surface area contributed by atoms with E-state index in [-0.39, 0.29) is 16.9 Å². The minimum Gasteiger partial charge on any atom is -0.507 e. The van der Waals surface area contributed by atoms with E-state index in [9.17, 15) is 19.1 Å². The third kappa shape index (κ3) is 3.48. The van der Waals surface area contributed by atoms with Crippen LogP contribution in [0.5, 0.6) is 0 Å². The molecule has 0 saturated carbocycles. The lowest BCUT2D eigenvalue weighted by Crippen LogP contribution is -2.29. The molecule has 0 aromatic heterocycles. The van der Waals surface area contributed by atoms with Crippen molar-refractivity contribution in [2.75, 3.05) is 4.90 Å². The minimum atomic E-state index is -1.10. The standard InChI is InChI=1S/C28H20FNO3/c1-17-10-14-21(15-11-17)30-25(22-8-4-5-9-23(22)29)24(27(32)28(30)33)26(31)20-13-12-18-6-2-3-7-19(18)16-20/h2-16,25,31H,1H3/b26-24+. The van der Waals surface area contributed by atoms with Crippen LogP contribution in [-0.2, 0) is 9.59 Å². The number of rotatable bonds is 3. The van der Waals surface area contributed by atoms with Gasteiger partial charge in [-0.15, -0.1) is 0 Å². The maximum Gasteiger partial charge on any atom is 0.300 e. The smallest absolute Gasteiger partial charge is 0.300 e. The number of aliphatic hydroxyl groups excluding tert-OH is 1. The summed E-state index contributed by atoms with van der Waals surface area (Å²) in [5.74, 6) is -2.56. The summed E-state index contributed by atoms with van der Waals surface area (Å²) in [4.78, 5) is 27.6. The molecule has 0 spiro atoms. The SMILES string of the molecule is Cc1ccc(N2C(=O)C(=O)/C(=C(/O)c3ccc4ccccc4c3)C2c2ccccc2F)cc1. The largest absolute Gasteiger partial charge is 0.507 e. The zero-order valence-electron chi connectivity index (χ0n) is 17.8. The van der Waals surface area contributed by atoms with Crippen LogP contribution < -0.4 is 4.90 Å². The first-order chi connectivity index (χ1) is 16.0. The Hall–Kier alpha value is -4.25. The Morgan fingerprint density at radius 1 is 0.848 bits per heavy atom. The van der Waals surface area contributed by atoms with Gasteiger partial charge in [0.25, 0.3) is 11.7 Å². The zero-order chi connectivity index (χ0) is 23.1. The summed E-state index contributed by atoms with van der Waals surface area (Å²) in [7, 11) is 0. The molecule has 4 nitrogen and oxygen atoms in total. The van der Waals surface area contributed by atoms with Crippen molar-refractivity contribution in [2.45, 2.75) is 13.0 Å². The summed E-state index contributed by atoms with van der Waals surface area (Å²) in [6.45, 7) is 1.91. The fourth-order valence-electron chi connectivity index (χ4n) is 4.29. The summed E-state index contributed by atoms with van der Waals surface area (Å²) in [5, 5.41) is 13.1. The zero-order valence-corrected chi connectivity index (χ0v) is 17.8. The first-order valence-corrected chi connectivity index (χ1v) is 10.6. The Kier molecular flexibility index (Phi) is 5.02. The number of carbonyl (C=O) groups excluding carboxylic acids is 2. The molecule has 0 radical (unpaired) electrons. The number of aliphatic hydroxyl groups is 1. The molecular formula is C28H20FNO3. The Bertz CT molecular complexity index is 1440. The molecule has 4 aromatic rings. The number of amides is 1. The molecule has 1 unspecified atom stereocenters. The predicted octanol–water partition coefficient (Wildman–Crippen LogP) is 5.91. The van der Waals surface area contributed by atoms with E-state index in [1.807, 2.05) is 49.4 Å². The van der Waals surface area contributed by atoms with Crippen LogP contribution in [0.4, 0.5) is 10.1 Å². The van der Waals surface area contributed by atoms with E-state index in [4.69, 9.17) is 0 Å². The highest BCUT2D eigenvalue weighted by atomic mass is 19.1. The highest BCUT2D eigenvalue weighted by Crippen LogP contribution is 2.43. The second-order valence-corrected chi connectivity index (χ2v) is 8.09. The molecule has 1 saturated heterocycles. The van der Waals surface area contributed by atoms with Crippen LogP contribution in [0.15, 0.2) is 96.6 Å². The lowest BCUT2D eigenvalue weighted by Gasteiger charge is -2.25. The summed E-state index contributed by atoms with van der Waals surface area (Å²) >= 11 is 0. The molecule has 4 aromatic carbocycles. The Balaban J connectivity index is 1.74. The quantitative estimate of drug-likeness (QED) is 0.246. The Morgan fingerprint density at radius 2 is 1.52 bits per heavy atom. The molecule has 5 rings (SSSR count). The fraction of sp³-hybridized carbons (Fsp3) is 0.0714. The summed E-state index contributed by atoms with van der Waals surface area (Å²) in [6, 6.07) is 24.8. The molecule has 1 atom stereocenters. The molecule has 1 aliphatic rings. The minimum absolute atomic E-state index is 0.138. The highest BCUT2D eigenvalue weighted by Gasteiger charge is 2.47. The Morgan fingerprint density at radius 3 is 2.24 bits per heavy atom. The van der Waals surface area contributed by atoms with Gasteiger partial charge in [-0.3, -0.25) is 14.5 Å². The van der Waals surface area contributed by atoms with Gasteiger partial charge in [0, 0.05) is 16.8 Å². The number of hydrogen-bond donors (Lipinski definition) is 1. The molecule has 1 amide bonds. The molecule has 1 heterocycles. The Labute approximate surface area is 190 Å². The average Bonchev–Trinajstić information content (AvgIpc) is 3.09. The maximum atomic E-state index is 14.9. The van der Waals surface area contributed by atoms with E-state index in [0.717, 1.165) is 16.3 Å². The summed E-state index contributed by atoms with van der Waals surface area (Å²) < 4.78 is 14.9. The number of fused-ring (bicyclic) bond motifs is 1. The molecular weight excluding hydrogens is 417 g/mol. The van der Waals surface area contributed by atoms with Gasteiger partial charge in [0.2, 0.25) is 0 Å². The van der Waals surface area contributed by atoms with Gasteiger partial charge >= 0.3 is 0 Å². The van der Waals surface area contributed by atoms with E-state index < -0.39 is 23.5 Å². The van der Waals surface area contributed by atoms with Crippen molar-refractivity contribution in [3.05, 3.63) is 119 Å². The highest BCUT2D eigenvalue weighted by molar-refractivity contribution is 6.51. The van der Waals surface area contributed by atoms with Crippen molar-refractivity contribution in [1.29, 1.82) is 0 Å². The second-order valence-electron chi connectivity index (χ2n) is 8.09. The van der Waals surface area contributed by atoms with Gasteiger partial charge in [-0.2, -0.15) is 0 Å². The fourth-order valence-corrected chi connectivity index (χ4v) is 4.29. The number of halogens is 1. The third-order valence-corrected chi connectivity index (χ3v) is 5.98. The van der Waals surface area contributed by atoms with Gasteiger partial charge in [-0.25, -0.2) is 4.39 Å². The predicted molar refractivity (Wildman–Crippen MR) is 126 cm³/mol. The summed E-state index contributed by atoms with van der Waals surface area (Å²) in [5.41, 5.74) is 1.82. The molecule has 1 N–H and O–H groups in total. The van der Waals surface area contributed by atoms with Gasteiger partial charge in [0.05, 0.1) is 11.6 Å². The number of carbonyl (C=O) groups is 2. The molecule has 0 aliphatic carbocycles. The van der Waals surface area contributed by atoms with Crippen molar-refractivity contribution in [3.63, 3.8) is 0 Å². The third-order valence-electron chi connectivity index (χ3n) is 5.98. The topological polar surface area (TPSA) is 57.6 Å². The molecule has 5 heteroatoms. The normalized spacial score (nSPS) is 17.6. The first kappa shape index (κ1) is 20.6. The number of benzene rings is 4. The van der Waals surface area contributed by atoms with Gasteiger partial charge in [0.15, 0.2) is 0 Å². The van der Waals surface area contributed by atoms with Gasteiger partial charge in [-0.1, -0.05) is 72.3 Å². The maximum absolute atomic E-state index is 14.9. The van der Waals surface area contributed by atoms with Gasteiger partial charge in [0.1, 0.15) is 11.6 Å². The van der Waals surface area contributed by atoms with Crippen LogP contribution in [0.1, 0.15) is 22.7 Å². The average molecular weight is 437 g/mol. The van der Waals surface area contributed by atoms with Crippen molar-refractivity contribution >= 4 is 33.9 Å². The van der Waals surface area contributed by atoms with Crippen LogP contribution in [0, 0.1) is 12.7 Å². The van der Waals surface area contributed by atoms with Crippen LogP contribution in [0.2, 0.25) is 0 Å². The number of ketones is 1. The number of anilines is 1. The van der Waals surface area contributed by atoms with E-state index in [1.54, 1.807) is 36.4 Å². The first-order valence-electron chi connectivity index (χ1n) is 10.6. The number of aryl methyl sites for hydroxylation is 1. The monoisotopic (exact) mass is 437 g/mol. The van der Waals surface area contributed by atoms with E-state index in [0.29, 0.717) is 11.3 Å². The lowest BCUT2D eigenvalue weighted by molar-refractivity contribution is -0.132. The van der Waals surface area contributed by atoms with Crippen molar-refractivity contribution in [1.82, 2.24) is 0 Å². The van der Waals surface area contributed by atoms with Crippen LogP contribution in [0.25, 0.3) is 16.5 Å². The van der Waals surface area contributed by atoms with E-state index >= 15 is 0 Å². The lowest BCUT2D eigenvalue weighted by atomic mass is 9.94. The van der Waals surface area contributed by atoms with Crippen LogP contribution >= 0.6 is 0 Å². The van der Waals surface area contributed by atoms with Crippen LogP contribution in [0.3, 0.4) is 0 Å². The molecule has 0 bridgehead atoms. The van der Waals surface area contributed by atoms with E-state index in [1.165, 1.54) is 17.0 Å². The van der Waals surface area contributed by atoms with E-state index in [2.05, 4.69) is 0 Å². The van der Waals surface area contributed by atoms with Gasteiger partial charge < -0.3 is 5.11 Å². The molecule has 162 valence electrons. The number of nitrogens with zero attached hydrogens (tertiary/aromatic N) is 1. The summed E-state index contributed by atoms with van der Waals surface area (Å²) in [6.07, 6.45) is 0. The second kappa shape index (κ2) is 8.02. The van der Waals surface area contributed by atoms with Crippen molar-refractivity contribution in [2.24, 2.45) is 0 Å².